The Morgan fingerprint density at radius 2 is 1.19 bits per heavy atom. The number of para-hydroxylation sites is 3. The molecule has 0 atom stereocenters. The van der Waals surface area contributed by atoms with E-state index in [1.807, 2.05) is 30.3 Å². The molecule has 3 aromatic heterocycles. The first-order valence-electron chi connectivity index (χ1n) is 14.0. The van der Waals surface area contributed by atoms with Gasteiger partial charge in [0, 0.05) is 73.9 Å². The molecule has 0 amide bonds. The van der Waals surface area contributed by atoms with Crippen molar-refractivity contribution in [1.82, 2.24) is 14.1 Å². The van der Waals surface area contributed by atoms with E-state index in [0.29, 0.717) is 11.4 Å². The molecule has 5 nitrogen and oxygen atoms in total. The van der Waals surface area contributed by atoms with Gasteiger partial charge in [-0.1, -0.05) is 66.7 Å². The van der Waals surface area contributed by atoms with Crippen molar-refractivity contribution in [2.45, 2.75) is 0 Å². The molecule has 1 aliphatic carbocycles. The number of rotatable bonds is 1. The van der Waals surface area contributed by atoms with Gasteiger partial charge in [-0.2, -0.15) is 0 Å². The molecule has 3 N–H and O–H groups in total. The molecule has 8 aromatic rings. The van der Waals surface area contributed by atoms with Crippen LogP contribution < -0.4 is 5.73 Å². The van der Waals surface area contributed by atoms with Gasteiger partial charge >= 0.3 is 0 Å². The number of fused-ring (bicyclic) bond motifs is 9. The van der Waals surface area contributed by atoms with Gasteiger partial charge in [-0.05, 0) is 54.6 Å². The highest BCUT2D eigenvalue weighted by Crippen LogP contribution is 2.38. The molecule has 0 saturated carbocycles. The lowest BCUT2D eigenvalue weighted by atomic mass is 10.1. The summed E-state index contributed by atoms with van der Waals surface area (Å²) >= 11 is 0. The van der Waals surface area contributed by atoms with Gasteiger partial charge in [-0.3, -0.25) is 10.4 Å². The van der Waals surface area contributed by atoms with E-state index >= 15 is 0 Å². The van der Waals surface area contributed by atoms with E-state index in [1.54, 1.807) is 6.20 Å². The number of hydrogen-bond donors (Lipinski definition) is 2. The van der Waals surface area contributed by atoms with Crippen LogP contribution >= 0.6 is 0 Å². The fraction of sp³-hybridized carbons (Fsp3) is 0.0270. The Labute approximate surface area is 242 Å². The summed E-state index contributed by atoms with van der Waals surface area (Å²) in [6.07, 6.45) is 1.74. The minimum atomic E-state index is 0.478. The van der Waals surface area contributed by atoms with E-state index in [-0.39, 0.29) is 0 Å². The first kappa shape index (κ1) is 24.1. The predicted octanol–water partition coefficient (Wildman–Crippen LogP) is 8.49. The lowest BCUT2D eigenvalue weighted by molar-refractivity contribution is 1.01. The van der Waals surface area contributed by atoms with Crippen LogP contribution in [-0.2, 0) is 7.05 Å². The van der Waals surface area contributed by atoms with Crippen molar-refractivity contribution < 1.29 is 0 Å². The predicted molar refractivity (Wildman–Crippen MR) is 175 cm³/mol. The number of pyridine rings is 1. The summed E-state index contributed by atoms with van der Waals surface area (Å²) in [5.41, 5.74) is 16.7. The second-order valence-electron chi connectivity index (χ2n) is 10.7. The highest BCUT2D eigenvalue weighted by molar-refractivity contribution is 6.24. The van der Waals surface area contributed by atoms with Gasteiger partial charge in [-0.25, -0.2) is 0 Å². The van der Waals surface area contributed by atoms with Crippen molar-refractivity contribution in [1.29, 1.82) is 5.41 Å². The summed E-state index contributed by atoms with van der Waals surface area (Å²) in [5.74, 6) is 0. The molecule has 42 heavy (non-hydrogen) atoms. The van der Waals surface area contributed by atoms with E-state index in [2.05, 4.69) is 112 Å². The molecular formula is C37H27N5. The second kappa shape index (κ2) is 9.18. The smallest absolute Gasteiger partial charge is 0.0803 e. The normalized spacial score (nSPS) is 12.1. The summed E-state index contributed by atoms with van der Waals surface area (Å²) in [4.78, 5) is 4.30. The molecule has 3 heterocycles. The monoisotopic (exact) mass is 541 g/mol. The zero-order chi connectivity index (χ0) is 28.4. The summed E-state index contributed by atoms with van der Waals surface area (Å²) in [6, 6.07) is 42.2. The van der Waals surface area contributed by atoms with Gasteiger partial charge in [0.1, 0.15) is 0 Å². The largest absolute Gasteiger partial charge is 0.398 e. The van der Waals surface area contributed by atoms with Gasteiger partial charge in [0.05, 0.1) is 22.4 Å². The lowest BCUT2D eigenvalue weighted by Gasteiger charge is -2.08. The maximum atomic E-state index is 8.03. The molecule has 0 saturated heterocycles. The van der Waals surface area contributed by atoms with Crippen LogP contribution in [0.3, 0.4) is 0 Å². The SMILES string of the molecule is Cn1c2ccccc2c2cc(-n3c4ccccc4c4ccccc43)ccc21.N=C1c2cccnc2-c2cccc(N)c21. The fourth-order valence-corrected chi connectivity index (χ4v) is 6.50. The van der Waals surface area contributed by atoms with Gasteiger partial charge in [0.2, 0.25) is 0 Å². The Balaban J connectivity index is 0.000000150. The maximum absolute atomic E-state index is 8.03. The second-order valence-corrected chi connectivity index (χ2v) is 10.7. The Kier molecular flexibility index (Phi) is 5.28. The molecule has 0 radical (unpaired) electrons. The van der Waals surface area contributed by atoms with E-state index in [0.717, 1.165) is 22.4 Å². The van der Waals surface area contributed by atoms with Crippen LogP contribution in [0.15, 0.2) is 128 Å². The highest BCUT2D eigenvalue weighted by atomic mass is 15.0. The fourth-order valence-electron chi connectivity index (χ4n) is 6.50. The van der Waals surface area contributed by atoms with Gasteiger partial charge in [0.15, 0.2) is 0 Å². The molecule has 5 aromatic carbocycles. The van der Waals surface area contributed by atoms with E-state index in [1.165, 1.54) is 49.3 Å². The zero-order valence-corrected chi connectivity index (χ0v) is 23.0. The molecule has 9 rings (SSSR count). The summed E-state index contributed by atoms with van der Waals surface area (Å²) in [7, 11) is 2.14. The quantitative estimate of drug-likeness (QED) is 0.205. The molecule has 1 aliphatic rings. The number of nitrogens with zero attached hydrogens (tertiary/aromatic N) is 3. The van der Waals surface area contributed by atoms with Crippen molar-refractivity contribution in [3.05, 3.63) is 139 Å². The third-order valence-corrected chi connectivity index (χ3v) is 8.41. The number of aryl methyl sites for hydroxylation is 1. The number of aromatic nitrogens is 3. The summed E-state index contributed by atoms with van der Waals surface area (Å²) in [5, 5.41) is 13.2. The highest BCUT2D eigenvalue weighted by Gasteiger charge is 2.26. The van der Waals surface area contributed by atoms with Gasteiger partial charge < -0.3 is 14.9 Å². The number of anilines is 1. The number of nitrogen functional groups attached to an aromatic ring is 1. The van der Waals surface area contributed by atoms with Crippen LogP contribution in [0.4, 0.5) is 5.69 Å². The first-order valence-corrected chi connectivity index (χ1v) is 14.0. The van der Waals surface area contributed by atoms with Crippen molar-refractivity contribution in [3.63, 3.8) is 0 Å². The molecule has 0 spiro atoms. The lowest BCUT2D eigenvalue weighted by Crippen LogP contribution is -2.00. The van der Waals surface area contributed by atoms with E-state index in [4.69, 9.17) is 11.1 Å². The van der Waals surface area contributed by atoms with Crippen molar-refractivity contribution in [2.24, 2.45) is 7.05 Å². The zero-order valence-electron chi connectivity index (χ0n) is 23.0. The third kappa shape index (κ3) is 3.44. The van der Waals surface area contributed by atoms with Crippen LogP contribution in [0.1, 0.15) is 11.1 Å². The van der Waals surface area contributed by atoms with Crippen molar-refractivity contribution in [2.75, 3.05) is 5.73 Å². The van der Waals surface area contributed by atoms with Crippen LogP contribution in [0.25, 0.3) is 60.6 Å². The van der Waals surface area contributed by atoms with Gasteiger partial charge in [-0.15, -0.1) is 0 Å². The minimum Gasteiger partial charge on any atom is -0.398 e. The van der Waals surface area contributed by atoms with Crippen LogP contribution in [0.5, 0.6) is 0 Å². The van der Waals surface area contributed by atoms with Gasteiger partial charge in [0.25, 0.3) is 0 Å². The number of benzene rings is 5. The van der Waals surface area contributed by atoms with Crippen LogP contribution in [0, 0.1) is 5.41 Å². The Morgan fingerprint density at radius 1 is 0.595 bits per heavy atom. The Bertz CT molecular complexity index is 2300. The Morgan fingerprint density at radius 3 is 1.90 bits per heavy atom. The number of nitrogens with two attached hydrogens (primary N) is 1. The van der Waals surface area contributed by atoms with Crippen LogP contribution in [-0.4, -0.2) is 19.8 Å². The standard InChI is InChI=1S/C25H18N2.C12H9N3/c1-26-22-11-5-2-10-20(22)21-16-17(14-15-23(21)26)27-24-12-6-3-8-18(24)19-9-4-7-13-25(19)27;13-9-5-1-3-7-10(9)11(14)8-4-2-6-15-12(7)8/h2-16H,1H3;1-6,14H,13H2. The maximum Gasteiger partial charge on any atom is 0.0803 e. The first-order chi connectivity index (χ1) is 20.6. The average Bonchev–Trinajstić information content (AvgIpc) is 3.64. The Hall–Kier alpha value is -5.68. The molecule has 0 aliphatic heterocycles. The molecule has 0 unspecified atom stereocenters. The summed E-state index contributed by atoms with van der Waals surface area (Å²) in [6.45, 7) is 0. The minimum absolute atomic E-state index is 0.478. The topological polar surface area (TPSA) is 72.6 Å². The summed E-state index contributed by atoms with van der Waals surface area (Å²) < 4.78 is 4.66. The molecular weight excluding hydrogens is 514 g/mol. The third-order valence-electron chi connectivity index (χ3n) is 8.41. The number of hydrogen-bond acceptors (Lipinski definition) is 3. The average molecular weight is 542 g/mol. The molecule has 0 bridgehead atoms. The van der Waals surface area contributed by atoms with E-state index in [9.17, 15) is 0 Å². The van der Waals surface area contributed by atoms with Crippen molar-refractivity contribution in [3.8, 4) is 16.9 Å². The van der Waals surface area contributed by atoms with E-state index < -0.39 is 0 Å². The molecule has 5 heteroatoms. The van der Waals surface area contributed by atoms with Crippen molar-refractivity contribution >= 4 is 55.0 Å². The number of nitrogens with one attached hydrogen (secondary N) is 1. The molecule has 0 fully saturated rings. The molecule has 200 valence electrons. The van der Waals surface area contributed by atoms with Crippen LogP contribution in [0.2, 0.25) is 0 Å².